The van der Waals surface area contributed by atoms with Crippen molar-refractivity contribution < 1.29 is 14.6 Å². The predicted molar refractivity (Wildman–Crippen MR) is 78.7 cm³/mol. The number of carbonyl (C=O) groups is 1. The Morgan fingerprint density at radius 3 is 2.75 bits per heavy atom. The van der Waals surface area contributed by atoms with Gasteiger partial charge in [-0.05, 0) is 32.0 Å². The molecule has 1 saturated heterocycles. The molecule has 0 spiro atoms. The predicted octanol–water partition coefficient (Wildman–Crippen LogP) is 3.30. The molecule has 1 atom stereocenters. The second kappa shape index (κ2) is 5.80. The van der Waals surface area contributed by atoms with Crippen LogP contribution in [0.15, 0.2) is 12.1 Å². The van der Waals surface area contributed by atoms with E-state index in [1.165, 1.54) is 0 Å². The first kappa shape index (κ1) is 15.4. The Hall–Kier alpha value is -0.970. The van der Waals surface area contributed by atoms with Gasteiger partial charge in [0, 0.05) is 23.7 Å². The zero-order chi connectivity index (χ0) is 14.9. The summed E-state index contributed by atoms with van der Waals surface area (Å²) in [5, 5.41) is 10.3. The van der Waals surface area contributed by atoms with E-state index in [1.807, 2.05) is 6.07 Å². The van der Waals surface area contributed by atoms with Crippen LogP contribution in [-0.4, -0.2) is 36.2 Å². The Labute approximate surface area is 128 Å². The molecule has 0 bridgehead atoms. The number of likely N-dealkylation sites (tertiary alicyclic amines) is 1. The highest BCUT2D eigenvalue weighted by Crippen LogP contribution is 2.36. The summed E-state index contributed by atoms with van der Waals surface area (Å²) in [6, 6.07) is 3.44. The zero-order valence-corrected chi connectivity index (χ0v) is 13.0. The van der Waals surface area contributed by atoms with Crippen LogP contribution in [-0.2, 0) is 11.3 Å². The molecule has 20 heavy (non-hydrogen) atoms. The maximum Gasteiger partial charge on any atom is 0.310 e. The van der Waals surface area contributed by atoms with E-state index in [0.717, 1.165) is 12.1 Å². The lowest BCUT2D eigenvalue weighted by atomic mass is 9.90. The molecule has 1 heterocycles. The van der Waals surface area contributed by atoms with Crippen LogP contribution in [0.25, 0.3) is 0 Å². The Morgan fingerprint density at radius 1 is 1.50 bits per heavy atom. The third kappa shape index (κ3) is 3.03. The number of hydrogen-bond donors (Lipinski definition) is 1. The van der Waals surface area contributed by atoms with Crippen molar-refractivity contribution in [2.75, 3.05) is 20.2 Å². The summed E-state index contributed by atoms with van der Waals surface area (Å²) in [4.78, 5) is 13.3. The molecule has 1 unspecified atom stereocenters. The molecule has 0 amide bonds. The van der Waals surface area contributed by atoms with Crippen molar-refractivity contribution in [2.24, 2.45) is 5.41 Å². The largest absolute Gasteiger partial charge is 0.495 e. The van der Waals surface area contributed by atoms with Gasteiger partial charge in [-0.1, -0.05) is 23.2 Å². The molecule has 6 heteroatoms. The van der Waals surface area contributed by atoms with Gasteiger partial charge in [0.05, 0.1) is 17.5 Å². The fourth-order valence-electron chi connectivity index (χ4n) is 2.57. The SMILES string of the molecule is COc1c(Cl)cc(Cl)cc1CN1CCC(C)(C(=O)O)C1. The zero-order valence-electron chi connectivity index (χ0n) is 11.4. The van der Waals surface area contributed by atoms with Crippen molar-refractivity contribution in [3.05, 3.63) is 27.7 Å². The smallest absolute Gasteiger partial charge is 0.310 e. The fraction of sp³-hybridized carbons (Fsp3) is 0.500. The number of nitrogens with zero attached hydrogens (tertiary/aromatic N) is 1. The highest BCUT2D eigenvalue weighted by Gasteiger charge is 2.40. The minimum atomic E-state index is -0.754. The number of ether oxygens (including phenoxy) is 1. The number of halogens is 2. The van der Waals surface area contributed by atoms with Crippen molar-refractivity contribution in [3.63, 3.8) is 0 Å². The van der Waals surface area contributed by atoms with Crippen LogP contribution >= 0.6 is 23.2 Å². The lowest BCUT2D eigenvalue weighted by Crippen LogP contribution is -2.31. The first-order valence-electron chi connectivity index (χ1n) is 6.33. The molecule has 110 valence electrons. The Kier molecular flexibility index (Phi) is 4.47. The molecule has 1 fully saturated rings. The molecule has 1 aromatic carbocycles. The average molecular weight is 318 g/mol. The number of benzene rings is 1. The molecule has 0 saturated carbocycles. The molecule has 1 aliphatic heterocycles. The van der Waals surface area contributed by atoms with Gasteiger partial charge < -0.3 is 9.84 Å². The molecule has 2 rings (SSSR count). The van der Waals surface area contributed by atoms with E-state index in [9.17, 15) is 9.90 Å². The molecule has 0 aromatic heterocycles. The summed E-state index contributed by atoms with van der Waals surface area (Å²) in [5.41, 5.74) is 0.190. The van der Waals surface area contributed by atoms with E-state index in [4.69, 9.17) is 27.9 Å². The maximum absolute atomic E-state index is 11.3. The maximum atomic E-state index is 11.3. The van der Waals surface area contributed by atoms with Crippen LogP contribution in [0.1, 0.15) is 18.9 Å². The minimum absolute atomic E-state index is 0.468. The highest BCUT2D eigenvalue weighted by atomic mass is 35.5. The van der Waals surface area contributed by atoms with Crippen molar-refractivity contribution in [1.29, 1.82) is 0 Å². The number of hydrogen-bond acceptors (Lipinski definition) is 3. The monoisotopic (exact) mass is 317 g/mol. The number of rotatable bonds is 4. The summed E-state index contributed by atoms with van der Waals surface area (Å²) >= 11 is 12.1. The van der Waals surface area contributed by atoms with E-state index in [-0.39, 0.29) is 0 Å². The van der Waals surface area contributed by atoms with Crippen molar-refractivity contribution in [3.8, 4) is 5.75 Å². The van der Waals surface area contributed by atoms with Gasteiger partial charge in [0.25, 0.3) is 0 Å². The van der Waals surface area contributed by atoms with Gasteiger partial charge in [0.1, 0.15) is 5.75 Å². The van der Waals surface area contributed by atoms with Crippen LogP contribution in [0.2, 0.25) is 10.0 Å². The molecular formula is C14H17Cl2NO3. The molecule has 0 aliphatic carbocycles. The lowest BCUT2D eigenvalue weighted by Gasteiger charge is -2.21. The number of carboxylic acids is 1. The van der Waals surface area contributed by atoms with Crippen LogP contribution in [0.4, 0.5) is 0 Å². The van der Waals surface area contributed by atoms with Crippen molar-refractivity contribution in [2.45, 2.75) is 19.9 Å². The van der Waals surface area contributed by atoms with Gasteiger partial charge in [-0.25, -0.2) is 0 Å². The Bertz CT molecular complexity index is 535. The molecule has 1 aliphatic rings. The molecule has 4 nitrogen and oxygen atoms in total. The Balaban J connectivity index is 2.18. The molecule has 1 aromatic rings. The van der Waals surface area contributed by atoms with Crippen LogP contribution in [0.3, 0.4) is 0 Å². The number of aliphatic carboxylic acids is 1. The summed E-state index contributed by atoms with van der Waals surface area (Å²) in [5.74, 6) is -0.156. The van der Waals surface area contributed by atoms with Gasteiger partial charge in [-0.15, -0.1) is 0 Å². The normalized spacial score (nSPS) is 23.0. The van der Waals surface area contributed by atoms with Crippen molar-refractivity contribution in [1.82, 2.24) is 4.90 Å². The third-order valence-corrected chi connectivity index (χ3v) is 4.25. The van der Waals surface area contributed by atoms with Gasteiger partial charge in [0.15, 0.2) is 0 Å². The summed E-state index contributed by atoms with van der Waals surface area (Å²) < 4.78 is 5.31. The molecule has 1 N–H and O–H groups in total. The summed E-state index contributed by atoms with van der Waals surface area (Å²) in [6.45, 7) is 3.59. The van der Waals surface area contributed by atoms with Gasteiger partial charge >= 0.3 is 5.97 Å². The van der Waals surface area contributed by atoms with Crippen LogP contribution < -0.4 is 4.74 Å². The average Bonchev–Trinajstić information content (AvgIpc) is 2.72. The van der Waals surface area contributed by atoms with Gasteiger partial charge in [0.2, 0.25) is 0 Å². The second-order valence-corrected chi connectivity index (χ2v) is 6.25. The van der Waals surface area contributed by atoms with Crippen LogP contribution in [0.5, 0.6) is 5.75 Å². The van der Waals surface area contributed by atoms with Crippen molar-refractivity contribution >= 4 is 29.2 Å². The van der Waals surface area contributed by atoms with Gasteiger partial charge in [-0.2, -0.15) is 0 Å². The highest BCUT2D eigenvalue weighted by molar-refractivity contribution is 6.35. The van der Waals surface area contributed by atoms with E-state index in [0.29, 0.717) is 35.3 Å². The number of methoxy groups -OCH3 is 1. The number of carboxylic acid groups (broad SMARTS) is 1. The quantitative estimate of drug-likeness (QED) is 0.925. The first-order chi connectivity index (χ1) is 9.35. The summed E-state index contributed by atoms with van der Waals surface area (Å²) in [7, 11) is 1.56. The van der Waals surface area contributed by atoms with Crippen LogP contribution in [0, 0.1) is 5.41 Å². The van der Waals surface area contributed by atoms with Gasteiger partial charge in [-0.3, -0.25) is 9.69 Å². The third-order valence-electron chi connectivity index (χ3n) is 3.75. The van der Waals surface area contributed by atoms with E-state index < -0.39 is 11.4 Å². The molecule has 0 radical (unpaired) electrons. The fourth-order valence-corrected chi connectivity index (χ4v) is 3.18. The lowest BCUT2D eigenvalue weighted by molar-refractivity contribution is -0.147. The molecular weight excluding hydrogens is 301 g/mol. The van der Waals surface area contributed by atoms with E-state index in [1.54, 1.807) is 20.1 Å². The topological polar surface area (TPSA) is 49.8 Å². The minimum Gasteiger partial charge on any atom is -0.495 e. The van der Waals surface area contributed by atoms with E-state index >= 15 is 0 Å². The summed E-state index contributed by atoms with van der Waals surface area (Å²) in [6.07, 6.45) is 0.638. The first-order valence-corrected chi connectivity index (χ1v) is 7.09. The van der Waals surface area contributed by atoms with E-state index in [2.05, 4.69) is 4.90 Å². The standard InChI is InChI=1S/C14H17Cl2NO3/c1-14(13(18)19)3-4-17(8-14)7-9-5-10(15)6-11(16)12(9)20-2/h5-6H,3-4,7-8H2,1-2H3,(H,18,19). The Morgan fingerprint density at radius 2 is 2.20 bits per heavy atom. The second-order valence-electron chi connectivity index (χ2n) is 5.41.